The van der Waals surface area contributed by atoms with Gasteiger partial charge >= 0.3 is 5.97 Å². The summed E-state index contributed by atoms with van der Waals surface area (Å²) in [4.78, 5) is 18.4. The summed E-state index contributed by atoms with van der Waals surface area (Å²) in [6.45, 7) is 0. The molecule has 0 atom stereocenters. The topological polar surface area (TPSA) is 63.1 Å². The Balaban J connectivity index is 2.25. The lowest BCUT2D eigenvalue weighted by Crippen LogP contribution is -2.06. The van der Waals surface area contributed by atoms with Gasteiger partial charge in [-0.15, -0.1) is 0 Å². The summed E-state index contributed by atoms with van der Waals surface area (Å²) in [5.74, 6) is -0.288. The maximum Gasteiger partial charge on any atom is 0.339 e. The van der Waals surface area contributed by atoms with Crippen molar-refractivity contribution in [1.82, 2.24) is 9.97 Å². The number of hydrogen-bond acceptors (Lipinski definition) is 3. The molecule has 0 bridgehead atoms. The van der Waals surface area contributed by atoms with Gasteiger partial charge in [-0.1, -0.05) is 0 Å². The highest BCUT2D eigenvalue weighted by Gasteiger charge is 2.24. The smallest absolute Gasteiger partial charge is 0.339 e. The summed E-state index contributed by atoms with van der Waals surface area (Å²) in [7, 11) is 0. The van der Waals surface area contributed by atoms with Crippen LogP contribution in [0, 0.1) is 5.92 Å². The van der Waals surface area contributed by atoms with Crippen LogP contribution in [0.3, 0.4) is 0 Å². The lowest BCUT2D eigenvalue weighted by Gasteiger charge is -2.01. The van der Waals surface area contributed by atoms with Crippen LogP contribution in [-0.4, -0.2) is 21.0 Å². The highest BCUT2D eigenvalue weighted by molar-refractivity contribution is 5.88. The van der Waals surface area contributed by atoms with Crippen molar-refractivity contribution in [1.29, 1.82) is 0 Å². The summed E-state index contributed by atoms with van der Waals surface area (Å²) in [5.41, 5.74) is 0.916. The van der Waals surface area contributed by atoms with Gasteiger partial charge < -0.3 is 5.11 Å². The molecule has 1 aromatic rings. The minimum absolute atomic E-state index is 0.245. The van der Waals surface area contributed by atoms with Crippen molar-refractivity contribution in [2.24, 2.45) is 5.92 Å². The summed E-state index contributed by atoms with van der Waals surface area (Å²) < 4.78 is 0. The third-order valence-corrected chi connectivity index (χ3v) is 2.20. The summed E-state index contributed by atoms with van der Waals surface area (Å²) >= 11 is 0. The van der Waals surface area contributed by atoms with Crippen LogP contribution < -0.4 is 0 Å². The molecule has 4 heteroatoms. The fourth-order valence-corrected chi connectivity index (χ4v) is 1.29. The lowest BCUT2D eigenvalue weighted by molar-refractivity contribution is 0.0694. The number of carboxylic acid groups (broad SMARTS) is 1. The molecule has 1 aromatic heterocycles. The van der Waals surface area contributed by atoms with E-state index in [0.717, 1.165) is 6.42 Å². The molecule has 13 heavy (non-hydrogen) atoms. The van der Waals surface area contributed by atoms with Crippen molar-refractivity contribution in [3.8, 4) is 0 Å². The maximum atomic E-state index is 10.7. The Morgan fingerprint density at radius 3 is 3.00 bits per heavy atom. The standard InChI is InChI=1S/C9H10N2O2/c12-9(13)7-4-10-5-11-8(7)3-6-1-2-6/h4-6H,1-3H2,(H,12,13). The minimum Gasteiger partial charge on any atom is -0.478 e. The molecule has 1 saturated carbocycles. The molecule has 0 saturated heterocycles. The lowest BCUT2D eigenvalue weighted by atomic mass is 10.1. The Morgan fingerprint density at radius 1 is 1.62 bits per heavy atom. The number of hydrogen-bond donors (Lipinski definition) is 1. The second-order valence-electron chi connectivity index (χ2n) is 3.34. The molecule has 1 N–H and O–H groups in total. The fraction of sp³-hybridized carbons (Fsp3) is 0.444. The maximum absolute atomic E-state index is 10.7. The van der Waals surface area contributed by atoms with Crippen LogP contribution in [0.1, 0.15) is 28.9 Å². The molecule has 4 nitrogen and oxygen atoms in total. The van der Waals surface area contributed by atoms with Crippen molar-refractivity contribution in [2.45, 2.75) is 19.3 Å². The average Bonchev–Trinajstić information content (AvgIpc) is 2.89. The molecule has 1 aliphatic carbocycles. The summed E-state index contributed by atoms with van der Waals surface area (Å²) in [6.07, 6.45) is 5.95. The van der Waals surface area contributed by atoms with Crippen LogP contribution in [0.4, 0.5) is 0 Å². The van der Waals surface area contributed by atoms with E-state index in [0.29, 0.717) is 11.6 Å². The Hall–Kier alpha value is -1.45. The zero-order valence-corrected chi connectivity index (χ0v) is 7.10. The SMILES string of the molecule is O=C(O)c1cncnc1CC1CC1. The van der Waals surface area contributed by atoms with Crippen LogP contribution in [-0.2, 0) is 6.42 Å². The largest absolute Gasteiger partial charge is 0.478 e. The average molecular weight is 178 g/mol. The highest BCUT2D eigenvalue weighted by Crippen LogP contribution is 2.32. The van der Waals surface area contributed by atoms with E-state index in [9.17, 15) is 4.79 Å². The van der Waals surface area contributed by atoms with Crippen molar-refractivity contribution in [3.05, 3.63) is 23.8 Å². The molecule has 1 fully saturated rings. The zero-order valence-electron chi connectivity index (χ0n) is 7.10. The van der Waals surface area contributed by atoms with E-state index >= 15 is 0 Å². The van der Waals surface area contributed by atoms with Crippen molar-refractivity contribution < 1.29 is 9.90 Å². The summed E-state index contributed by atoms with van der Waals surface area (Å²) in [5, 5.41) is 8.82. The van der Waals surface area contributed by atoms with Gasteiger partial charge in [0.1, 0.15) is 6.33 Å². The molecule has 0 unspecified atom stereocenters. The first-order valence-electron chi connectivity index (χ1n) is 4.29. The Morgan fingerprint density at radius 2 is 2.38 bits per heavy atom. The van der Waals surface area contributed by atoms with E-state index in [2.05, 4.69) is 9.97 Å². The van der Waals surface area contributed by atoms with Gasteiger partial charge in [-0.3, -0.25) is 0 Å². The third kappa shape index (κ3) is 1.83. The molecule has 68 valence electrons. The Kier molecular flexibility index (Phi) is 1.96. The minimum atomic E-state index is -0.934. The molecule has 0 spiro atoms. The van der Waals surface area contributed by atoms with Gasteiger partial charge in [-0.2, -0.15) is 0 Å². The first-order valence-corrected chi connectivity index (χ1v) is 4.29. The number of carbonyl (C=O) groups is 1. The normalized spacial score (nSPS) is 15.7. The first kappa shape index (κ1) is 8.16. The van der Waals surface area contributed by atoms with Gasteiger partial charge in [0, 0.05) is 6.20 Å². The van der Waals surface area contributed by atoms with E-state index in [4.69, 9.17) is 5.11 Å². The van der Waals surface area contributed by atoms with Gasteiger partial charge in [0.25, 0.3) is 0 Å². The molecule has 1 aliphatic rings. The van der Waals surface area contributed by atoms with E-state index in [1.165, 1.54) is 25.4 Å². The van der Waals surface area contributed by atoms with Crippen LogP contribution in [0.25, 0.3) is 0 Å². The predicted octanol–water partition coefficient (Wildman–Crippen LogP) is 1.13. The first-order chi connectivity index (χ1) is 6.27. The number of nitrogens with zero attached hydrogens (tertiary/aromatic N) is 2. The Bertz CT molecular complexity index is 334. The molecule has 0 aromatic carbocycles. The van der Waals surface area contributed by atoms with E-state index < -0.39 is 5.97 Å². The van der Waals surface area contributed by atoms with Gasteiger partial charge in [-0.25, -0.2) is 14.8 Å². The van der Waals surface area contributed by atoms with Crippen LogP contribution in [0.15, 0.2) is 12.5 Å². The van der Waals surface area contributed by atoms with Gasteiger partial charge in [-0.05, 0) is 25.2 Å². The molecule has 0 aliphatic heterocycles. The van der Waals surface area contributed by atoms with Crippen LogP contribution in [0.5, 0.6) is 0 Å². The number of rotatable bonds is 3. The van der Waals surface area contributed by atoms with Gasteiger partial charge in [0.15, 0.2) is 0 Å². The van der Waals surface area contributed by atoms with Gasteiger partial charge in [0.05, 0.1) is 11.3 Å². The number of carboxylic acids is 1. The van der Waals surface area contributed by atoms with Crippen molar-refractivity contribution in [3.63, 3.8) is 0 Å². The molecule has 0 radical (unpaired) electrons. The molecular formula is C9H10N2O2. The van der Waals surface area contributed by atoms with E-state index in [1.54, 1.807) is 0 Å². The van der Waals surface area contributed by atoms with E-state index in [-0.39, 0.29) is 5.56 Å². The monoisotopic (exact) mass is 178 g/mol. The van der Waals surface area contributed by atoms with Crippen molar-refractivity contribution in [2.75, 3.05) is 0 Å². The van der Waals surface area contributed by atoms with Crippen LogP contribution >= 0.6 is 0 Å². The molecular weight excluding hydrogens is 168 g/mol. The highest BCUT2D eigenvalue weighted by atomic mass is 16.4. The second-order valence-corrected chi connectivity index (χ2v) is 3.34. The summed E-state index contributed by atoms with van der Waals surface area (Å²) in [6, 6.07) is 0. The number of aromatic carboxylic acids is 1. The third-order valence-electron chi connectivity index (χ3n) is 2.20. The van der Waals surface area contributed by atoms with Crippen LogP contribution in [0.2, 0.25) is 0 Å². The molecule has 2 rings (SSSR count). The molecule has 1 heterocycles. The number of aromatic nitrogens is 2. The Labute approximate surface area is 75.6 Å². The fourth-order valence-electron chi connectivity index (χ4n) is 1.29. The van der Waals surface area contributed by atoms with E-state index in [1.807, 2.05) is 0 Å². The quantitative estimate of drug-likeness (QED) is 0.753. The zero-order chi connectivity index (χ0) is 9.26. The molecule has 0 amide bonds. The van der Waals surface area contributed by atoms with Gasteiger partial charge in [0.2, 0.25) is 0 Å². The second kappa shape index (κ2) is 3.12. The predicted molar refractivity (Wildman–Crippen MR) is 45.4 cm³/mol. The van der Waals surface area contributed by atoms with Crippen molar-refractivity contribution >= 4 is 5.97 Å².